The first kappa shape index (κ1) is 15.7. The van der Waals surface area contributed by atoms with Crippen LogP contribution in [0, 0.1) is 10.1 Å². The van der Waals surface area contributed by atoms with Crippen LogP contribution in [0.2, 0.25) is 5.02 Å². The van der Waals surface area contributed by atoms with Crippen molar-refractivity contribution in [1.82, 2.24) is 5.32 Å². The van der Waals surface area contributed by atoms with E-state index in [0.29, 0.717) is 12.2 Å². The Balaban J connectivity index is 1.88. The third kappa shape index (κ3) is 2.44. The minimum absolute atomic E-state index is 0.0416. The third-order valence-corrected chi connectivity index (χ3v) is 5.89. The van der Waals surface area contributed by atoms with Crippen LogP contribution in [0.25, 0.3) is 0 Å². The highest BCUT2D eigenvalue weighted by molar-refractivity contribution is 8.03. The first-order chi connectivity index (χ1) is 11.6. The van der Waals surface area contributed by atoms with Gasteiger partial charge in [0.25, 0.3) is 5.69 Å². The number of carbonyl (C=O) groups is 1. The largest absolute Gasteiger partial charge is 0.367 e. The molecule has 0 saturated heterocycles. The lowest BCUT2D eigenvalue weighted by Crippen LogP contribution is -2.35. The lowest BCUT2D eigenvalue weighted by Gasteiger charge is -2.33. The van der Waals surface area contributed by atoms with Crippen molar-refractivity contribution in [2.75, 3.05) is 19.0 Å². The summed E-state index contributed by atoms with van der Waals surface area (Å²) in [7, 11) is 0. The Bertz CT molecular complexity index is 833. The van der Waals surface area contributed by atoms with E-state index in [1.807, 2.05) is 0 Å². The molecule has 124 valence electrons. The number of nitro benzene ring substituents is 1. The van der Waals surface area contributed by atoms with Gasteiger partial charge >= 0.3 is 0 Å². The molecular formula is C16H13ClN2O4S. The molecule has 0 bridgehead atoms. The number of Topliss-reactive ketones (excluding diaryl/α,β-unsaturated/α-hetero) is 1. The van der Waals surface area contributed by atoms with Crippen LogP contribution in [-0.2, 0) is 9.53 Å². The number of halogens is 1. The molecule has 0 spiro atoms. The van der Waals surface area contributed by atoms with Gasteiger partial charge in [-0.25, -0.2) is 0 Å². The van der Waals surface area contributed by atoms with E-state index in [2.05, 4.69) is 5.32 Å². The van der Waals surface area contributed by atoms with Gasteiger partial charge in [-0.05, 0) is 18.1 Å². The maximum Gasteiger partial charge on any atom is 0.288 e. The number of thioether (sulfide) groups is 1. The quantitative estimate of drug-likeness (QED) is 0.641. The number of allylic oxidation sites excluding steroid dienone is 2. The van der Waals surface area contributed by atoms with Crippen LogP contribution < -0.4 is 5.32 Å². The summed E-state index contributed by atoms with van der Waals surface area (Å²) >= 11 is 7.63. The monoisotopic (exact) mass is 364 g/mol. The minimum atomic E-state index is -0.495. The Morgan fingerprint density at radius 3 is 2.96 bits per heavy atom. The lowest BCUT2D eigenvalue weighted by atomic mass is 9.83. The molecule has 0 aromatic heterocycles. The second-order valence-corrected chi connectivity index (χ2v) is 7.32. The molecule has 1 N–H and O–H groups in total. The molecule has 8 heteroatoms. The summed E-state index contributed by atoms with van der Waals surface area (Å²) in [5.74, 6) is 0.570. The second kappa shape index (κ2) is 5.91. The molecule has 3 heterocycles. The van der Waals surface area contributed by atoms with E-state index in [0.717, 1.165) is 34.0 Å². The van der Waals surface area contributed by atoms with Gasteiger partial charge in [-0.15, -0.1) is 11.8 Å². The predicted molar refractivity (Wildman–Crippen MR) is 90.9 cm³/mol. The van der Waals surface area contributed by atoms with Gasteiger partial charge < -0.3 is 10.1 Å². The van der Waals surface area contributed by atoms with Gasteiger partial charge in [-0.1, -0.05) is 17.7 Å². The van der Waals surface area contributed by atoms with Gasteiger partial charge in [0.2, 0.25) is 0 Å². The number of rotatable bonds is 2. The molecule has 0 amide bonds. The number of ether oxygens (including phenoxy) is 1. The molecule has 6 nitrogen and oxygen atoms in total. The number of nitrogens with one attached hydrogen (secondary N) is 1. The summed E-state index contributed by atoms with van der Waals surface area (Å²) in [6.07, 6.45) is 0.886. The Morgan fingerprint density at radius 1 is 1.33 bits per heavy atom. The average Bonchev–Trinajstić information content (AvgIpc) is 3.01. The Hall–Kier alpha value is -1.83. The number of nitrogens with zero attached hydrogens (tertiary/aromatic N) is 1. The van der Waals surface area contributed by atoms with E-state index in [4.69, 9.17) is 16.3 Å². The molecule has 1 aromatic rings. The highest BCUT2D eigenvalue weighted by Crippen LogP contribution is 2.49. The summed E-state index contributed by atoms with van der Waals surface area (Å²) in [5.41, 5.74) is 3.09. The molecule has 0 saturated carbocycles. The normalized spacial score (nSPS) is 23.0. The molecule has 3 aliphatic heterocycles. The summed E-state index contributed by atoms with van der Waals surface area (Å²) < 4.78 is 5.34. The summed E-state index contributed by atoms with van der Waals surface area (Å²) in [4.78, 5) is 24.3. The SMILES string of the molecule is O=C1COCC2=C1C(c1ccc(Cl)c([N+](=O)[O-])c1)C1=C(CCS1)N2. The van der Waals surface area contributed by atoms with Crippen molar-refractivity contribution in [3.05, 3.63) is 60.8 Å². The van der Waals surface area contributed by atoms with Gasteiger partial charge in [0.15, 0.2) is 5.78 Å². The van der Waals surface area contributed by atoms with Crippen molar-refractivity contribution in [3.63, 3.8) is 0 Å². The van der Waals surface area contributed by atoms with Crippen LogP contribution in [0.1, 0.15) is 17.9 Å². The maximum atomic E-state index is 12.5. The van der Waals surface area contributed by atoms with Gasteiger partial charge in [-0.3, -0.25) is 14.9 Å². The molecule has 3 aliphatic rings. The van der Waals surface area contributed by atoms with Crippen molar-refractivity contribution in [2.45, 2.75) is 12.3 Å². The lowest BCUT2D eigenvalue weighted by molar-refractivity contribution is -0.384. The van der Waals surface area contributed by atoms with Crippen molar-refractivity contribution >= 4 is 34.8 Å². The Labute approximate surface area is 147 Å². The minimum Gasteiger partial charge on any atom is -0.367 e. The van der Waals surface area contributed by atoms with Crippen molar-refractivity contribution in [3.8, 4) is 0 Å². The van der Waals surface area contributed by atoms with Crippen LogP contribution in [0.3, 0.4) is 0 Å². The molecule has 1 atom stereocenters. The van der Waals surface area contributed by atoms with Gasteiger partial charge in [0.05, 0.1) is 11.5 Å². The number of nitro groups is 1. The van der Waals surface area contributed by atoms with Crippen LogP contribution >= 0.6 is 23.4 Å². The van der Waals surface area contributed by atoms with E-state index < -0.39 is 4.92 Å². The molecular weight excluding hydrogens is 352 g/mol. The van der Waals surface area contributed by atoms with E-state index in [-0.39, 0.29) is 29.0 Å². The fraction of sp³-hybridized carbons (Fsp3) is 0.312. The zero-order chi connectivity index (χ0) is 16.8. The number of ketones is 1. The van der Waals surface area contributed by atoms with E-state index in [9.17, 15) is 14.9 Å². The average molecular weight is 365 g/mol. The van der Waals surface area contributed by atoms with E-state index >= 15 is 0 Å². The van der Waals surface area contributed by atoms with Crippen LogP contribution in [0.5, 0.6) is 0 Å². The van der Waals surface area contributed by atoms with E-state index in [1.165, 1.54) is 12.1 Å². The number of hydrogen-bond acceptors (Lipinski definition) is 6. The fourth-order valence-corrected chi connectivity index (χ4v) is 4.80. The maximum absolute atomic E-state index is 12.5. The molecule has 24 heavy (non-hydrogen) atoms. The van der Waals surface area contributed by atoms with Crippen LogP contribution in [0.4, 0.5) is 5.69 Å². The number of carbonyl (C=O) groups excluding carboxylic acids is 1. The Kier molecular flexibility index (Phi) is 3.86. The second-order valence-electron chi connectivity index (χ2n) is 5.78. The molecule has 0 fully saturated rings. The molecule has 0 aliphatic carbocycles. The predicted octanol–water partition coefficient (Wildman–Crippen LogP) is 3.14. The first-order valence-corrected chi connectivity index (χ1v) is 8.83. The fourth-order valence-electron chi connectivity index (χ4n) is 3.34. The molecule has 0 radical (unpaired) electrons. The number of hydrogen-bond donors (Lipinski definition) is 1. The zero-order valence-electron chi connectivity index (χ0n) is 12.5. The summed E-state index contributed by atoms with van der Waals surface area (Å²) in [6.45, 7) is 0.397. The highest BCUT2D eigenvalue weighted by Gasteiger charge is 2.39. The summed E-state index contributed by atoms with van der Waals surface area (Å²) in [5, 5.41) is 14.6. The van der Waals surface area contributed by atoms with Gasteiger partial charge in [-0.2, -0.15) is 0 Å². The van der Waals surface area contributed by atoms with Crippen molar-refractivity contribution in [1.29, 1.82) is 0 Å². The summed E-state index contributed by atoms with van der Waals surface area (Å²) in [6, 6.07) is 4.78. The standard InChI is InChI=1S/C16H13ClN2O4S/c17-9-2-1-8(5-12(9)19(21)22)14-15-11(6-23-7-13(15)20)18-10-3-4-24-16(10)14/h1-2,5,14,18H,3-4,6-7H2. The van der Waals surface area contributed by atoms with Crippen molar-refractivity contribution < 1.29 is 14.5 Å². The van der Waals surface area contributed by atoms with Crippen LogP contribution in [0.15, 0.2) is 40.1 Å². The molecule has 4 rings (SSSR count). The van der Waals surface area contributed by atoms with Crippen LogP contribution in [-0.4, -0.2) is 29.7 Å². The zero-order valence-corrected chi connectivity index (χ0v) is 14.1. The molecule has 1 aromatic carbocycles. The highest BCUT2D eigenvalue weighted by atomic mass is 35.5. The Morgan fingerprint density at radius 2 is 2.17 bits per heavy atom. The first-order valence-electron chi connectivity index (χ1n) is 7.47. The van der Waals surface area contributed by atoms with Gasteiger partial charge in [0.1, 0.15) is 11.6 Å². The van der Waals surface area contributed by atoms with Gasteiger partial charge in [0, 0.05) is 39.6 Å². The molecule has 1 unspecified atom stereocenters. The van der Waals surface area contributed by atoms with Crippen molar-refractivity contribution in [2.24, 2.45) is 0 Å². The number of benzene rings is 1. The van der Waals surface area contributed by atoms with E-state index in [1.54, 1.807) is 17.8 Å². The topological polar surface area (TPSA) is 81.5 Å². The number of dihydropyridines is 1. The smallest absolute Gasteiger partial charge is 0.288 e. The third-order valence-electron chi connectivity index (χ3n) is 4.37.